The molecule has 5 nitrogen and oxygen atoms in total. The maximum atomic E-state index is 11.6. The number of carbonyl (C=O) groups excluding carboxylic acids is 1. The minimum absolute atomic E-state index is 0.186. The van der Waals surface area contributed by atoms with Gasteiger partial charge in [0.15, 0.2) is 5.96 Å². The Kier molecular flexibility index (Phi) is 4.82. The van der Waals surface area contributed by atoms with Gasteiger partial charge >= 0.3 is 0 Å². The van der Waals surface area contributed by atoms with Crippen molar-refractivity contribution >= 4 is 11.9 Å². The smallest absolute Gasteiger partial charge is 0.269 e. The molecule has 5 heteroatoms. The minimum atomic E-state index is -1.28. The van der Waals surface area contributed by atoms with Gasteiger partial charge in [-0.3, -0.25) is 4.79 Å². The van der Waals surface area contributed by atoms with E-state index in [1.165, 1.54) is 12.2 Å². The Morgan fingerprint density at radius 2 is 1.87 bits per heavy atom. The number of nitrogens with two attached hydrogens (primary N) is 2. The molecule has 1 amide bonds. The third-order valence-electron chi connectivity index (χ3n) is 1.84. The van der Waals surface area contributed by atoms with Crippen LogP contribution in [0.1, 0.15) is 12.8 Å². The number of allylic oxidation sites excluding steroid dienone is 2. The molecule has 0 unspecified atom stereocenters. The molecule has 0 heterocycles. The van der Waals surface area contributed by atoms with Gasteiger partial charge in [-0.25, -0.2) is 0 Å². The molecule has 0 bridgehead atoms. The van der Waals surface area contributed by atoms with Gasteiger partial charge in [0.1, 0.15) is 5.41 Å². The second-order valence-corrected chi connectivity index (χ2v) is 3.02. The number of nitrogens with zero attached hydrogens (tertiary/aromatic N) is 2. The second-order valence-electron chi connectivity index (χ2n) is 3.02. The summed E-state index contributed by atoms with van der Waals surface area (Å²) in [5.41, 5.74) is 8.88. The molecule has 4 N–H and O–H groups in total. The Balaban J connectivity index is 5.16. The van der Waals surface area contributed by atoms with E-state index in [0.29, 0.717) is 0 Å². The first-order valence-electron chi connectivity index (χ1n) is 4.29. The predicted octanol–water partition coefficient (Wildman–Crippen LogP) is 0.449. The highest BCUT2D eigenvalue weighted by Crippen LogP contribution is 2.28. The number of nitriles is 1. The van der Waals surface area contributed by atoms with E-state index in [4.69, 9.17) is 16.7 Å². The first kappa shape index (κ1) is 12.9. The summed E-state index contributed by atoms with van der Waals surface area (Å²) in [4.78, 5) is 15.0. The zero-order valence-electron chi connectivity index (χ0n) is 8.44. The van der Waals surface area contributed by atoms with Crippen LogP contribution in [0.25, 0.3) is 0 Å². The van der Waals surface area contributed by atoms with Crippen LogP contribution in [-0.2, 0) is 4.79 Å². The molecular formula is C10H14N4O. The largest absolute Gasteiger partial charge is 0.370 e. The summed E-state index contributed by atoms with van der Waals surface area (Å²) in [6, 6.07) is 1.91. The van der Waals surface area contributed by atoms with E-state index in [0.717, 1.165) is 0 Å². The zero-order valence-corrected chi connectivity index (χ0v) is 8.44. The fourth-order valence-corrected chi connectivity index (χ4v) is 1.11. The highest BCUT2D eigenvalue weighted by Gasteiger charge is 2.36. The lowest BCUT2D eigenvalue weighted by atomic mass is 9.82. The number of rotatable bonds is 5. The van der Waals surface area contributed by atoms with Crippen LogP contribution < -0.4 is 11.5 Å². The highest BCUT2D eigenvalue weighted by molar-refractivity contribution is 5.96. The number of aliphatic imine (C=N–C) groups is 1. The standard InChI is InChI=1S/C10H14N4O/c1-3-5-10(7-11,6-4-2)8(15)14-9(12)13/h3-4H,1-2,5-6H2,(H4,12,13,14,15). The van der Waals surface area contributed by atoms with Gasteiger partial charge in [0.2, 0.25) is 0 Å². The van der Waals surface area contributed by atoms with Crippen molar-refractivity contribution in [3.05, 3.63) is 25.3 Å². The average Bonchev–Trinajstić information content (AvgIpc) is 2.16. The van der Waals surface area contributed by atoms with Crippen LogP contribution in [0.5, 0.6) is 0 Å². The first-order chi connectivity index (χ1) is 7.02. The lowest BCUT2D eigenvalue weighted by molar-refractivity contribution is -0.124. The van der Waals surface area contributed by atoms with E-state index in [1.807, 2.05) is 6.07 Å². The molecule has 0 atom stereocenters. The third kappa shape index (κ3) is 3.27. The van der Waals surface area contributed by atoms with Gasteiger partial charge in [-0.15, -0.1) is 13.2 Å². The van der Waals surface area contributed by atoms with Crippen molar-refractivity contribution in [1.29, 1.82) is 5.26 Å². The van der Waals surface area contributed by atoms with Crippen molar-refractivity contribution in [2.24, 2.45) is 21.9 Å². The van der Waals surface area contributed by atoms with Crippen LogP contribution in [0.4, 0.5) is 0 Å². The quantitative estimate of drug-likeness (QED) is 0.387. The van der Waals surface area contributed by atoms with E-state index in [9.17, 15) is 4.79 Å². The zero-order chi connectivity index (χ0) is 11.9. The van der Waals surface area contributed by atoms with E-state index in [2.05, 4.69) is 18.2 Å². The maximum absolute atomic E-state index is 11.6. The fourth-order valence-electron chi connectivity index (χ4n) is 1.11. The van der Waals surface area contributed by atoms with Gasteiger partial charge < -0.3 is 11.5 Å². The normalized spacial score (nSPS) is 9.80. The van der Waals surface area contributed by atoms with Crippen LogP contribution in [-0.4, -0.2) is 11.9 Å². The topological polar surface area (TPSA) is 105 Å². The second kappa shape index (κ2) is 5.60. The number of carbonyl (C=O) groups is 1. The summed E-state index contributed by atoms with van der Waals surface area (Å²) in [6.45, 7) is 6.98. The van der Waals surface area contributed by atoms with Gasteiger partial charge in [-0.1, -0.05) is 12.2 Å². The summed E-state index contributed by atoms with van der Waals surface area (Å²) >= 11 is 0. The van der Waals surface area contributed by atoms with Gasteiger partial charge in [0.05, 0.1) is 6.07 Å². The van der Waals surface area contributed by atoms with E-state index < -0.39 is 11.3 Å². The molecule has 0 aliphatic rings. The van der Waals surface area contributed by atoms with Gasteiger partial charge in [-0.05, 0) is 12.8 Å². The fraction of sp³-hybridized carbons (Fsp3) is 0.300. The molecule has 0 aromatic heterocycles. The summed E-state index contributed by atoms with van der Waals surface area (Å²) in [6.07, 6.45) is 3.33. The molecule has 0 spiro atoms. The Morgan fingerprint density at radius 1 is 1.40 bits per heavy atom. The Morgan fingerprint density at radius 3 is 2.13 bits per heavy atom. The van der Waals surface area contributed by atoms with Gasteiger partial charge in [0.25, 0.3) is 5.91 Å². The lowest BCUT2D eigenvalue weighted by Gasteiger charge is -2.18. The molecule has 0 fully saturated rings. The minimum Gasteiger partial charge on any atom is -0.370 e. The molecule has 0 saturated carbocycles. The van der Waals surface area contributed by atoms with E-state index in [1.54, 1.807) is 0 Å². The number of hydrogen-bond donors (Lipinski definition) is 2. The van der Waals surface area contributed by atoms with Crippen LogP contribution in [0, 0.1) is 16.7 Å². The summed E-state index contributed by atoms with van der Waals surface area (Å²) < 4.78 is 0. The average molecular weight is 206 g/mol. The highest BCUT2D eigenvalue weighted by atomic mass is 16.1. The van der Waals surface area contributed by atoms with Crippen LogP contribution in [0.15, 0.2) is 30.3 Å². The van der Waals surface area contributed by atoms with Crippen LogP contribution >= 0.6 is 0 Å². The first-order valence-corrected chi connectivity index (χ1v) is 4.29. The molecule has 15 heavy (non-hydrogen) atoms. The van der Waals surface area contributed by atoms with Gasteiger partial charge in [0, 0.05) is 0 Å². The molecular weight excluding hydrogens is 192 g/mol. The number of amides is 1. The van der Waals surface area contributed by atoms with Crippen molar-refractivity contribution < 1.29 is 4.79 Å². The Bertz CT molecular complexity index is 324. The summed E-state index contributed by atoms with van der Waals surface area (Å²) in [5.74, 6) is -1.02. The van der Waals surface area contributed by atoms with Crippen LogP contribution in [0.3, 0.4) is 0 Å². The Hall–Kier alpha value is -2.09. The number of guanidine groups is 1. The molecule has 0 aromatic rings. The van der Waals surface area contributed by atoms with Crippen molar-refractivity contribution in [3.8, 4) is 6.07 Å². The van der Waals surface area contributed by atoms with E-state index >= 15 is 0 Å². The van der Waals surface area contributed by atoms with Crippen molar-refractivity contribution in [2.75, 3.05) is 0 Å². The summed E-state index contributed by atoms with van der Waals surface area (Å²) in [5, 5.41) is 9.00. The predicted molar refractivity (Wildman–Crippen MR) is 58.5 cm³/mol. The summed E-state index contributed by atoms with van der Waals surface area (Å²) in [7, 11) is 0. The molecule has 0 aromatic carbocycles. The monoisotopic (exact) mass is 206 g/mol. The Labute approximate surface area is 88.8 Å². The third-order valence-corrected chi connectivity index (χ3v) is 1.84. The SMILES string of the molecule is C=CCC(C#N)(CC=C)C(=O)N=C(N)N. The van der Waals surface area contributed by atoms with Crippen molar-refractivity contribution in [2.45, 2.75) is 12.8 Å². The van der Waals surface area contributed by atoms with Crippen molar-refractivity contribution in [1.82, 2.24) is 0 Å². The molecule has 0 aliphatic heterocycles. The van der Waals surface area contributed by atoms with E-state index in [-0.39, 0.29) is 18.8 Å². The molecule has 0 rings (SSSR count). The number of hydrogen-bond acceptors (Lipinski definition) is 2. The molecule has 0 aliphatic carbocycles. The van der Waals surface area contributed by atoms with Crippen molar-refractivity contribution in [3.63, 3.8) is 0 Å². The van der Waals surface area contributed by atoms with Gasteiger partial charge in [-0.2, -0.15) is 10.3 Å². The maximum Gasteiger partial charge on any atom is 0.269 e. The molecule has 80 valence electrons. The lowest BCUT2D eigenvalue weighted by Crippen LogP contribution is -2.32. The molecule has 0 saturated heterocycles. The molecule has 0 radical (unpaired) electrons. The van der Waals surface area contributed by atoms with Crippen LogP contribution in [0.2, 0.25) is 0 Å².